The van der Waals surface area contributed by atoms with Gasteiger partial charge in [-0.25, -0.2) is 9.69 Å². The van der Waals surface area contributed by atoms with Crippen LogP contribution in [0.1, 0.15) is 11.9 Å². The lowest BCUT2D eigenvalue weighted by Crippen LogP contribution is -2.39. The molecule has 1 aliphatic heterocycles. The Bertz CT molecular complexity index is 439. The number of amides is 2. The third-order valence-electron chi connectivity index (χ3n) is 2.92. The average molecular weight is 272 g/mol. The maximum Gasteiger partial charge on any atom is 0.328 e. The van der Waals surface area contributed by atoms with Crippen LogP contribution in [0.2, 0.25) is 0 Å². The van der Waals surface area contributed by atoms with E-state index in [2.05, 4.69) is 10.2 Å². The lowest BCUT2D eigenvalue weighted by Gasteiger charge is -2.19. The second-order valence-electron chi connectivity index (χ2n) is 4.03. The van der Waals surface area contributed by atoms with Gasteiger partial charge in [-0.2, -0.15) is 0 Å². The number of methoxy groups -OCH3 is 1. The van der Waals surface area contributed by atoms with Gasteiger partial charge >= 0.3 is 6.03 Å². The molecule has 1 aliphatic rings. The van der Waals surface area contributed by atoms with Crippen LogP contribution >= 0.6 is 11.3 Å². The number of aromatic nitrogens is 2. The zero-order valence-corrected chi connectivity index (χ0v) is 11.3. The van der Waals surface area contributed by atoms with Gasteiger partial charge in [0.25, 0.3) is 0 Å². The maximum absolute atomic E-state index is 12.1. The van der Waals surface area contributed by atoms with E-state index in [4.69, 9.17) is 4.74 Å². The monoisotopic (exact) mass is 272 g/mol. The number of aryl methyl sites for hydroxylation is 1. The molecule has 2 atom stereocenters. The van der Waals surface area contributed by atoms with E-state index >= 15 is 0 Å². The van der Waals surface area contributed by atoms with Gasteiger partial charge < -0.3 is 14.7 Å². The second-order valence-corrected chi connectivity index (χ2v) is 5.07. The number of carbonyl (C=O) groups is 1. The van der Waals surface area contributed by atoms with E-state index in [1.807, 2.05) is 6.92 Å². The van der Waals surface area contributed by atoms with Crippen LogP contribution in [0, 0.1) is 0 Å². The molecule has 1 aromatic heterocycles. The molecule has 0 aliphatic carbocycles. The molecule has 1 saturated heterocycles. The van der Waals surface area contributed by atoms with Gasteiger partial charge in [0.2, 0.25) is 5.13 Å². The SMILES string of the molecule is CCc1nnc(N2C(=O)N(C)C(COC)C2O)s1. The Labute approximate surface area is 109 Å². The van der Waals surface area contributed by atoms with Gasteiger partial charge in [0, 0.05) is 14.2 Å². The predicted molar refractivity (Wildman–Crippen MR) is 66.6 cm³/mol. The molecule has 1 N–H and O–H groups in total. The van der Waals surface area contributed by atoms with Crippen molar-refractivity contribution in [3.05, 3.63) is 5.01 Å². The van der Waals surface area contributed by atoms with Gasteiger partial charge in [-0.1, -0.05) is 18.3 Å². The fraction of sp³-hybridized carbons (Fsp3) is 0.700. The molecular formula is C10H16N4O3S. The van der Waals surface area contributed by atoms with E-state index in [9.17, 15) is 9.90 Å². The molecule has 2 unspecified atom stereocenters. The minimum atomic E-state index is -0.958. The van der Waals surface area contributed by atoms with Gasteiger partial charge in [0.15, 0.2) is 6.23 Å². The topological polar surface area (TPSA) is 78.8 Å². The molecule has 100 valence electrons. The van der Waals surface area contributed by atoms with Gasteiger partial charge in [-0.15, -0.1) is 10.2 Å². The zero-order valence-electron chi connectivity index (χ0n) is 10.5. The first-order valence-electron chi connectivity index (χ1n) is 5.65. The first-order chi connectivity index (χ1) is 8.60. The maximum atomic E-state index is 12.1. The minimum absolute atomic E-state index is 0.277. The first kappa shape index (κ1) is 13.2. The van der Waals surface area contributed by atoms with Crippen molar-refractivity contribution in [3.8, 4) is 0 Å². The zero-order chi connectivity index (χ0) is 13.3. The van der Waals surface area contributed by atoms with Crippen molar-refractivity contribution in [3.63, 3.8) is 0 Å². The quantitative estimate of drug-likeness (QED) is 0.853. The number of anilines is 1. The van der Waals surface area contributed by atoms with Crippen molar-refractivity contribution in [2.45, 2.75) is 25.6 Å². The summed E-state index contributed by atoms with van der Waals surface area (Å²) in [6, 6.07) is -0.681. The summed E-state index contributed by atoms with van der Waals surface area (Å²) in [5.41, 5.74) is 0. The summed E-state index contributed by atoms with van der Waals surface area (Å²) < 4.78 is 5.01. The van der Waals surface area contributed by atoms with Crippen LogP contribution in [-0.4, -0.2) is 59.3 Å². The largest absolute Gasteiger partial charge is 0.382 e. The highest BCUT2D eigenvalue weighted by atomic mass is 32.1. The smallest absolute Gasteiger partial charge is 0.328 e. The molecule has 1 fully saturated rings. The number of hydrogen-bond donors (Lipinski definition) is 1. The minimum Gasteiger partial charge on any atom is -0.382 e. The van der Waals surface area contributed by atoms with Gasteiger partial charge in [-0.3, -0.25) is 0 Å². The summed E-state index contributed by atoms with van der Waals surface area (Å²) in [7, 11) is 3.17. The number of aliphatic hydroxyl groups is 1. The van der Waals surface area contributed by atoms with E-state index in [0.29, 0.717) is 5.13 Å². The van der Waals surface area contributed by atoms with Crippen LogP contribution in [0.4, 0.5) is 9.93 Å². The van der Waals surface area contributed by atoms with Crippen LogP contribution < -0.4 is 4.90 Å². The van der Waals surface area contributed by atoms with Crippen molar-refractivity contribution >= 4 is 22.5 Å². The Morgan fingerprint density at radius 3 is 2.78 bits per heavy atom. The highest BCUT2D eigenvalue weighted by Gasteiger charge is 2.45. The number of nitrogens with zero attached hydrogens (tertiary/aromatic N) is 4. The summed E-state index contributed by atoms with van der Waals surface area (Å²) >= 11 is 1.32. The fourth-order valence-corrected chi connectivity index (χ4v) is 2.65. The van der Waals surface area contributed by atoms with Gasteiger partial charge in [0.05, 0.1) is 6.61 Å². The van der Waals surface area contributed by atoms with Crippen molar-refractivity contribution in [2.24, 2.45) is 0 Å². The number of likely N-dealkylation sites (N-methyl/N-ethyl adjacent to an activating group) is 1. The second kappa shape index (κ2) is 5.17. The summed E-state index contributed by atoms with van der Waals surface area (Å²) in [5.74, 6) is 0. The fourth-order valence-electron chi connectivity index (χ4n) is 1.85. The molecule has 2 amide bonds. The van der Waals surface area contributed by atoms with Crippen LogP contribution in [0.3, 0.4) is 0 Å². The Balaban J connectivity index is 2.25. The number of aliphatic hydroxyl groups excluding tert-OH is 1. The molecular weight excluding hydrogens is 256 g/mol. The standard InChI is InChI=1S/C10H16N4O3S/c1-4-7-11-12-9(18-7)14-8(15)6(5-17-3)13(2)10(14)16/h6,8,15H,4-5H2,1-3H3. The van der Waals surface area contributed by atoms with Crippen molar-refractivity contribution in [1.82, 2.24) is 15.1 Å². The summed E-state index contributed by atoms with van der Waals surface area (Å²) in [5, 5.41) is 19.3. The Hall–Kier alpha value is -1.25. The molecule has 0 radical (unpaired) electrons. The number of hydrogen-bond acceptors (Lipinski definition) is 6. The Morgan fingerprint density at radius 2 is 2.22 bits per heavy atom. The lowest BCUT2D eigenvalue weighted by atomic mass is 10.3. The average Bonchev–Trinajstić information content (AvgIpc) is 2.90. The number of urea groups is 1. The van der Waals surface area contributed by atoms with Crippen molar-refractivity contribution in [1.29, 1.82) is 0 Å². The molecule has 2 heterocycles. The van der Waals surface area contributed by atoms with Gasteiger partial charge in [-0.05, 0) is 6.42 Å². The summed E-state index contributed by atoms with van der Waals surface area (Å²) in [6.07, 6.45) is -0.201. The van der Waals surface area contributed by atoms with Crippen LogP contribution in [0.25, 0.3) is 0 Å². The predicted octanol–water partition coefficient (Wildman–Crippen LogP) is 0.306. The van der Waals surface area contributed by atoms with Gasteiger partial charge in [0.1, 0.15) is 11.0 Å². The van der Waals surface area contributed by atoms with Crippen LogP contribution in [-0.2, 0) is 11.2 Å². The molecule has 2 rings (SSSR count). The number of ether oxygens (including phenoxy) is 1. The van der Waals surface area contributed by atoms with E-state index < -0.39 is 12.3 Å². The number of rotatable bonds is 4. The van der Waals surface area contributed by atoms with E-state index in [-0.39, 0.29) is 12.6 Å². The van der Waals surface area contributed by atoms with Crippen molar-refractivity contribution < 1.29 is 14.6 Å². The Morgan fingerprint density at radius 1 is 1.50 bits per heavy atom. The van der Waals surface area contributed by atoms with E-state index in [1.54, 1.807) is 7.05 Å². The molecule has 7 nitrogen and oxygen atoms in total. The summed E-state index contributed by atoms with van der Waals surface area (Å²) in [6.45, 7) is 2.24. The molecule has 18 heavy (non-hydrogen) atoms. The lowest BCUT2D eigenvalue weighted by molar-refractivity contribution is 0.0633. The highest BCUT2D eigenvalue weighted by Crippen LogP contribution is 2.29. The molecule has 0 bridgehead atoms. The van der Waals surface area contributed by atoms with E-state index in [1.165, 1.54) is 28.2 Å². The Kier molecular flexibility index (Phi) is 3.79. The van der Waals surface area contributed by atoms with Crippen LogP contribution in [0.5, 0.6) is 0 Å². The third-order valence-corrected chi connectivity index (χ3v) is 3.98. The first-order valence-corrected chi connectivity index (χ1v) is 6.47. The molecule has 0 spiro atoms. The van der Waals surface area contributed by atoms with E-state index in [0.717, 1.165) is 11.4 Å². The molecule has 0 saturated carbocycles. The van der Waals surface area contributed by atoms with Crippen molar-refractivity contribution in [2.75, 3.05) is 25.7 Å². The molecule has 1 aromatic rings. The molecule has 8 heteroatoms. The molecule has 0 aromatic carbocycles. The van der Waals surface area contributed by atoms with Crippen LogP contribution in [0.15, 0.2) is 0 Å². The highest BCUT2D eigenvalue weighted by molar-refractivity contribution is 7.15. The third kappa shape index (κ3) is 2.06. The summed E-state index contributed by atoms with van der Waals surface area (Å²) in [4.78, 5) is 14.8. The number of carbonyl (C=O) groups excluding carboxylic acids is 1. The normalized spacial score (nSPS) is 24.1.